The molecule has 2 unspecified atom stereocenters. The molecule has 94 valence electrons. The van der Waals surface area contributed by atoms with Crippen molar-refractivity contribution in [3.63, 3.8) is 0 Å². The van der Waals surface area contributed by atoms with E-state index in [1.807, 2.05) is 6.92 Å². The molecular weight excluding hydrogens is 224 g/mol. The lowest BCUT2D eigenvalue weighted by molar-refractivity contribution is 0.260. The molecule has 0 bridgehead atoms. The number of hydrogen-bond donors (Lipinski definition) is 2. The Hall–Kier alpha value is -0.130. The van der Waals surface area contributed by atoms with Crippen LogP contribution in [-0.4, -0.2) is 32.8 Å². The van der Waals surface area contributed by atoms with Gasteiger partial charge in [-0.2, -0.15) is 0 Å². The lowest BCUT2D eigenvalue weighted by Gasteiger charge is -2.33. The summed E-state index contributed by atoms with van der Waals surface area (Å²) in [7, 11) is -3.12. The van der Waals surface area contributed by atoms with Crippen molar-refractivity contribution in [1.82, 2.24) is 10.0 Å². The zero-order valence-electron chi connectivity index (χ0n) is 9.91. The van der Waals surface area contributed by atoms with Crippen LogP contribution in [0.2, 0.25) is 0 Å². The van der Waals surface area contributed by atoms with Gasteiger partial charge in [-0.25, -0.2) is 13.1 Å². The van der Waals surface area contributed by atoms with E-state index in [0.29, 0.717) is 12.5 Å². The van der Waals surface area contributed by atoms with Gasteiger partial charge in [-0.05, 0) is 45.1 Å². The highest BCUT2D eigenvalue weighted by molar-refractivity contribution is 7.90. The van der Waals surface area contributed by atoms with Crippen molar-refractivity contribution in [2.24, 2.45) is 5.92 Å². The van der Waals surface area contributed by atoms with Crippen molar-refractivity contribution in [3.8, 4) is 0 Å². The molecule has 2 aliphatic rings. The number of piperidine rings is 1. The largest absolute Gasteiger partial charge is 0.315 e. The predicted molar refractivity (Wildman–Crippen MR) is 64.8 cm³/mol. The zero-order chi connectivity index (χ0) is 11.6. The molecule has 0 aromatic rings. The Morgan fingerprint density at radius 3 is 2.50 bits per heavy atom. The summed E-state index contributed by atoms with van der Waals surface area (Å²) in [5.41, 5.74) is 0. The van der Waals surface area contributed by atoms with E-state index in [0.717, 1.165) is 19.4 Å². The second kappa shape index (κ2) is 5.02. The Morgan fingerprint density at radius 2 is 2.00 bits per heavy atom. The fourth-order valence-corrected chi connectivity index (χ4v) is 4.19. The van der Waals surface area contributed by atoms with Gasteiger partial charge in [-0.15, -0.1) is 0 Å². The number of hydrogen-bond acceptors (Lipinski definition) is 3. The Balaban J connectivity index is 1.90. The summed E-state index contributed by atoms with van der Waals surface area (Å²) in [6.07, 6.45) is 5.35. The monoisotopic (exact) mass is 246 g/mol. The first kappa shape index (κ1) is 12.3. The van der Waals surface area contributed by atoms with Crippen LogP contribution in [0.5, 0.6) is 0 Å². The van der Waals surface area contributed by atoms with Gasteiger partial charge in [0.1, 0.15) is 0 Å². The van der Waals surface area contributed by atoms with Crippen LogP contribution in [0.15, 0.2) is 0 Å². The molecule has 2 atom stereocenters. The van der Waals surface area contributed by atoms with Gasteiger partial charge in [0.15, 0.2) is 0 Å². The summed E-state index contributed by atoms with van der Waals surface area (Å²) in [5, 5.41) is 2.92. The second-order valence-electron chi connectivity index (χ2n) is 5.11. The van der Waals surface area contributed by atoms with Crippen molar-refractivity contribution in [1.29, 1.82) is 0 Å². The van der Waals surface area contributed by atoms with Gasteiger partial charge in [0.25, 0.3) is 0 Å². The van der Waals surface area contributed by atoms with Crippen molar-refractivity contribution in [2.45, 2.75) is 50.3 Å². The molecule has 1 aliphatic carbocycles. The van der Waals surface area contributed by atoms with Crippen molar-refractivity contribution >= 4 is 10.0 Å². The van der Waals surface area contributed by atoms with Crippen LogP contribution in [0, 0.1) is 5.92 Å². The summed E-state index contributed by atoms with van der Waals surface area (Å²) in [4.78, 5) is 0. The summed E-state index contributed by atoms with van der Waals surface area (Å²) >= 11 is 0. The predicted octanol–water partition coefficient (Wildman–Crippen LogP) is 0.846. The standard InChI is InChI=1S/C11H22N2O2S/c1-9(10-4-2-5-10)13-16(14,15)11-6-3-7-12-8-11/h9-13H,2-8H2,1H3. The molecule has 0 radical (unpaired) electrons. The quantitative estimate of drug-likeness (QED) is 0.773. The third kappa shape index (κ3) is 2.76. The summed E-state index contributed by atoms with van der Waals surface area (Å²) < 4.78 is 27.0. The highest BCUT2D eigenvalue weighted by Crippen LogP contribution is 2.30. The molecule has 1 aliphatic heterocycles. The van der Waals surface area contributed by atoms with Crippen molar-refractivity contribution in [3.05, 3.63) is 0 Å². The van der Waals surface area contributed by atoms with E-state index in [2.05, 4.69) is 10.0 Å². The maximum atomic E-state index is 12.1. The average Bonchev–Trinajstić information content (AvgIpc) is 2.15. The molecule has 1 saturated carbocycles. The Morgan fingerprint density at radius 1 is 1.25 bits per heavy atom. The van der Waals surface area contributed by atoms with E-state index in [1.165, 1.54) is 19.3 Å². The van der Waals surface area contributed by atoms with Gasteiger partial charge in [-0.3, -0.25) is 0 Å². The maximum absolute atomic E-state index is 12.1. The normalized spacial score (nSPS) is 29.7. The van der Waals surface area contributed by atoms with E-state index < -0.39 is 10.0 Å². The maximum Gasteiger partial charge on any atom is 0.215 e. The highest BCUT2D eigenvalue weighted by Gasteiger charge is 2.32. The lowest BCUT2D eigenvalue weighted by atomic mass is 9.81. The molecule has 4 nitrogen and oxygen atoms in total. The molecule has 0 amide bonds. The molecule has 0 spiro atoms. The van der Waals surface area contributed by atoms with Gasteiger partial charge in [0.05, 0.1) is 5.25 Å². The molecule has 16 heavy (non-hydrogen) atoms. The zero-order valence-corrected chi connectivity index (χ0v) is 10.7. The molecule has 0 aromatic heterocycles. The smallest absolute Gasteiger partial charge is 0.215 e. The molecule has 0 aromatic carbocycles. The number of nitrogens with one attached hydrogen (secondary N) is 2. The number of sulfonamides is 1. The SMILES string of the molecule is CC(NS(=O)(=O)C1CCCNC1)C1CCC1. The van der Waals surface area contributed by atoms with Crippen LogP contribution in [0.4, 0.5) is 0 Å². The summed E-state index contributed by atoms with van der Waals surface area (Å²) in [6, 6.07) is 0.112. The fourth-order valence-electron chi connectivity index (χ4n) is 2.48. The minimum atomic E-state index is -3.12. The van der Waals surface area contributed by atoms with Gasteiger partial charge in [0, 0.05) is 12.6 Å². The lowest BCUT2D eigenvalue weighted by Crippen LogP contribution is -2.49. The minimum absolute atomic E-state index is 0.112. The van der Waals surface area contributed by atoms with Crippen LogP contribution in [-0.2, 0) is 10.0 Å². The minimum Gasteiger partial charge on any atom is -0.315 e. The van der Waals surface area contributed by atoms with Crippen molar-refractivity contribution in [2.75, 3.05) is 13.1 Å². The molecule has 2 N–H and O–H groups in total. The van der Waals surface area contributed by atoms with Crippen LogP contribution in [0.25, 0.3) is 0 Å². The highest BCUT2D eigenvalue weighted by atomic mass is 32.2. The van der Waals surface area contributed by atoms with Gasteiger partial charge >= 0.3 is 0 Å². The third-order valence-corrected chi connectivity index (χ3v) is 5.88. The first-order valence-electron chi connectivity index (χ1n) is 6.31. The Labute approximate surface area is 98.2 Å². The number of rotatable bonds is 4. The van der Waals surface area contributed by atoms with Crippen molar-refractivity contribution < 1.29 is 8.42 Å². The molecule has 2 rings (SSSR count). The van der Waals surface area contributed by atoms with Gasteiger partial charge in [-0.1, -0.05) is 6.42 Å². The van der Waals surface area contributed by atoms with Crippen LogP contribution in [0.3, 0.4) is 0 Å². The first-order chi connectivity index (χ1) is 7.59. The van der Waals surface area contributed by atoms with Crippen LogP contribution < -0.4 is 10.0 Å². The van der Waals surface area contributed by atoms with Crippen LogP contribution in [0.1, 0.15) is 39.0 Å². The van der Waals surface area contributed by atoms with E-state index in [1.54, 1.807) is 0 Å². The topological polar surface area (TPSA) is 58.2 Å². The molecule has 1 saturated heterocycles. The third-order valence-electron chi connectivity index (χ3n) is 3.90. The molecular formula is C11H22N2O2S. The average molecular weight is 246 g/mol. The Kier molecular flexibility index (Phi) is 3.87. The summed E-state index contributed by atoms with van der Waals surface area (Å²) in [5.74, 6) is 0.561. The van der Waals surface area contributed by atoms with Crippen LogP contribution >= 0.6 is 0 Å². The molecule has 5 heteroatoms. The Bertz CT molecular complexity index is 319. The second-order valence-corrected chi connectivity index (χ2v) is 7.10. The first-order valence-corrected chi connectivity index (χ1v) is 7.86. The van der Waals surface area contributed by atoms with E-state index >= 15 is 0 Å². The van der Waals surface area contributed by atoms with E-state index in [-0.39, 0.29) is 11.3 Å². The van der Waals surface area contributed by atoms with E-state index in [9.17, 15) is 8.42 Å². The van der Waals surface area contributed by atoms with Gasteiger partial charge in [0.2, 0.25) is 10.0 Å². The fraction of sp³-hybridized carbons (Fsp3) is 1.00. The summed E-state index contributed by atoms with van der Waals surface area (Å²) in [6.45, 7) is 3.55. The molecule has 1 heterocycles. The van der Waals surface area contributed by atoms with Gasteiger partial charge < -0.3 is 5.32 Å². The van der Waals surface area contributed by atoms with E-state index in [4.69, 9.17) is 0 Å². The molecule has 2 fully saturated rings.